The number of halogens is 3. The highest BCUT2D eigenvalue weighted by Crippen LogP contribution is 2.16. The van der Waals surface area contributed by atoms with Gasteiger partial charge >= 0.3 is 0 Å². The van der Waals surface area contributed by atoms with Gasteiger partial charge in [0.25, 0.3) is 0 Å². The van der Waals surface area contributed by atoms with Crippen molar-refractivity contribution in [1.29, 1.82) is 0 Å². The molecule has 0 saturated carbocycles. The summed E-state index contributed by atoms with van der Waals surface area (Å²) in [6, 6.07) is 3.45. The number of benzene rings is 1. The average Bonchev–Trinajstić information content (AvgIpc) is 2.88. The molecule has 2 aromatic rings. The molecule has 0 atom stereocenters. The van der Waals surface area contributed by atoms with Crippen LogP contribution in [0, 0.1) is 25.5 Å². The number of thiazole rings is 1. The molecule has 5 nitrogen and oxygen atoms in total. The first-order chi connectivity index (χ1) is 11.5. The average molecular weight is 482 g/mol. The van der Waals surface area contributed by atoms with Crippen LogP contribution in [0.1, 0.15) is 15.6 Å². The lowest BCUT2D eigenvalue weighted by Crippen LogP contribution is -2.38. The van der Waals surface area contributed by atoms with E-state index in [0.29, 0.717) is 25.7 Å². The molecule has 1 aromatic heterocycles. The van der Waals surface area contributed by atoms with Gasteiger partial charge in [-0.2, -0.15) is 0 Å². The van der Waals surface area contributed by atoms with Gasteiger partial charge in [0, 0.05) is 18.0 Å². The highest BCUT2D eigenvalue weighted by atomic mass is 127. The topological polar surface area (TPSA) is 58.5 Å². The van der Waals surface area contributed by atoms with E-state index < -0.39 is 11.6 Å². The van der Waals surface area contributed by atoms with Crippen molar-refractivity contribution in [1.82, 2.24) is 15.6 Å². The summed E-state index contributed by atoms with van der Waals surface area (Å²) in [5.74, 6) is -0.911. The van der Waals surface area contributed by atoms with Gasteiger partial charge in [-0.3, -0.25) is 4.99 Å². The predicted molar refractivity (Wildman–Crippen MR) is 107 cm³/mol. The van der Waals surface area contributed by atoms with Crippen molar-refractivity contribution in [3.05, 3.63) is 45.4 Å². The molecule has 0 amide bonds. The first-order valence-corrected chi connectivity index (χ1v) is 8.26. The molecular formula is C16H21F2IN4OS. The Balaban J connectivity index is 0.00000312. The summed E-state index contributed by atoms with van der Waals surface area (Å²) in [4.78, 5) is 9.76. The van der Waals surface area contributed by atoms with E-state index in [0.717, 1.165) is 22.8 Å². The third-order valence-corrected chi connectivity index (χ3v) is 4.33. The Morgan fingerprint density at radius 1 is 1.24 bits per heavy atom. The molecule has 0 aliphatic carbocycles. The first-order valence-electron chi connectivity index (χ1n) is 7.45. The van der Waals surface area contributed by atoms with Gasteiger partial charge in [-0.25, -0.2) is 13.8 Å². The van der Waals surface area contributed by atoms with E-state index >= 15 is 0 Å². The minimum absolute atomic E-state index is 0. The number of nitrogens with one attached hydrogen (secondary N) is 2. The minimum atomic E-state index is -0.924. The maximum Gasteiger partial charge on any atom is 0.191 e. The third kappa shape index (κ3) is 6.73. The van der Waals surface area contributed by atoms with Gasteiger partial charge in [-0.05, 0) is 26.0 Å². The predicted octanol–water partition coefficient (Wildman–Crippen LogP) is 3.40. The van der Waals surface area contributed by atoms with Crippen LogP contribution in [0.4, 0.5) is 8.78 Å². The van der Waals surface area contributed by atoms with Crippen LogP contribution in [0.25, 0.3) is 0 Å². The van der Waals surface area contributed by atoms with Gasteiger partial charge in [-0.15, -0.1) is 35.3 Å². The van der Waals surface area contributed by atoms with Crippen molar-refractivity contribution in [2.45, 2.75) is 20.4 Å². The van der Waals surface area contributed by atoms with Gasteiger partial charge < -0.3 is 15.4 Å². The van der Waals surface area contributed by atoms with Crippen LogP contribution in [0.5, 0.6) is 5.75 Å². The Morgan fingerprint density at radius 3 is 2.60 bits per heavy atom. The lowest BCUT2D eigenvalue weighted by molar-refractivity contribution is 0.318. The van der Waals surface area contributed by atoms with E-state index in [1.54, 1.807) is 18.4 Å². The fourth-order valence-electron chi connectivity index (χ4n) is 1.90. The first kappa shape index (κ1) is 21.6. The molecule has 0 unspecified atom stereocenters. The van der Waals surface area contributed by atoms with Crippen molar-refractivity contribution in [3.8, 4) is 5.75 Å². The SMILES string of the molecule is CN=C(NCCOc1ccc(F)c(F)c1)NCc1nc(C)c(C)s1.I. The summed E-state index contributed by atoms with van der Waals surface area (Å²) < 4.78 is 31.2. The van der Waals surface area contributed by atoms with Gasteiger partial charge in [0.05, 0.1) is 18.8 Å². The van der Waals surface area contributed by atoms with Crippen LogP contribution in [-0.2, 0) is 6.54 Å². The molecular weight excluding hydrogens is 461 g/mol. The van der Waals surface area contributed by atoms with E-state index in [4.69, 9.17) is 4.74 Å². The molecule has 138 valence electrons. The fourth-order valence-corrected chi connectivity index (χ4v) is 2.77. The van der Waals surface area contributed by atoms with Crippen molar-refractivity contribution in [2.24, 2.45) is 4.99 Å². The summed E-state index contributed by atoms with van der Waals surface area (Å²) >= 11 is 1.65. The lowest BCUT2D eigenvalue weighted by atomic mass is 10.3. The molecule has 0 saturated heterocycles. The molecule has 0 aliphatic heterocycles. The Hall–Kier alpha value is -1.49. The highest BCUT2D eigenvalue weighted by molar-refractivity contribution is 14.0. The zero-order valence-electron chi connectivity index (χ0n) is 14.2. The van der Waals surface area contributed by atoms with Crippen LogP contribution in [0.3, 0.4) is 0 Å². The van der Waals surface area contributed by atoms with Crippen molar-refractivity contribution in [3.63, 3.8) is 0 Å². The van der Waals surface area contributed by atoms with Crippen molar-refractivity contribution in [2.75, 3.05) is 20.2 Å². The maximum atomic E-state index is 13.1. The molecule has 0 fully saturated rings. The van der Waals surface area contributed by atoms with E-state index in [-0.39, 0.29) is 29.7 Å². The second kappa shape index (κ2) is 10.5. The monoisotopic (exact) mass is 482 g/mol. The van der Waals surface area contributed by atoms with Crippen LogP contribution in [-0.4, -0.2) is 31.1 Å². The molecule has 1 heterocycles. The number of hydrogen-bond donors (Lipinski definition) is 2. The van der Waals surface area contributed by atoms with E-state index in [1.807, 2.05) is 13.8 Å². The number of ether oxygens (including phenoxy) is 1. The van der Waals surface area contributed by atoms with Crippen molar-refractivity contribution < 1.29 is 13.5 Å². The Kier molecular flexibility index (Phi) is 9.04. The number of nitrogens with zero attached hydrogens (tertiary/aromatic N) is 2. The number of aryl methyl sites for hydroxylation is 2. The lowest BCUT2D eigenvalue weighted by Gasteiger charge is -2.11. The van der Waals surface area contributed by atoms with Crippen LogP contribution >= 0.6 is 35.3 Å². The Bertz CT molecular complexity index is 705. The number of rotatable bonds is 6. The molecule has 2 N–H and O–H groups in total. The molecule has 2 rings (SSSR count). The van der Waals surface area contributed by atoms with E-state index in [1.165, 1.54) is 10.9 Å². The zero-order valence-corrected chi connectivity index (χ0v) is 17.4. The summed E-state index contributed by atoms with van der Waals surface area (Å²) in [6.45, 7) is 5.37. The number of aromatic nitrogens is 1. The third-order valence-electron chi connectivity index (χ3n) is 3.26. The molecule has 0 aliphatic rings. The summed E-state index contributed by atoms with van der Waals surface area (Å²) in [5, 5.41) is 7.24. The molecule has 9 heteroatoms. The molecule has 0 spiro atoms. The Labute approximate surface area is 166 Å². The summed E-state index contributed by atoms with van der Waals surface area (Å²) in [5.41, 5.74) is 1.04. The number of guanidine groups is 1. The van der Waals surface area contributed by atoms with Gasteiger partial charge in [-0.1, -0.05) is 0 Å². The fraction of sp³-hybridized carbons (Fsp3) is 0.375. The molecule has 1 aromatic carbocycles. The van der Waals surface area contributed by atoms with E-state index in [9.17, 15) is 8.78 Å². The quantitative estimate of drug-likeness (QED) is 0.287. The highest BCUT2D eigenvalue weighted by Gasteiger charge is 2.05. The van der Waals surface area contributed by atoms with Crippen molar-refractivity contribution >= 4 is 41.3 Å². The summed E-state index contributed by atoms with van der Waals surface area (Å²) in [7, 11) is 1.67. The van der Waals surface area contributed by atoms with Crippen LogP contribution < -0.4 is 15.4 Å². The molecule has 25 heavy (non-hydrogen) atoms. The van der Waals surface area contributed by atoms with E-state index in [2.05, 4.69) is 20.6 Å². The van der Waals surface area contributed by atoms with Gasteiger partial charge in [0.15, 0.2) is 17.6 Å². The minimum Gasteiger partial charge on any atom is -0.492 e. The normalized spacial score (nSPS) is 11.0. The Morgan fingerprint density at radius 2 is 2.00 bits per heavy atom. The smallest absolute Gasteiger partial charge is 0.191 e. The van der Waals surface area contributed by atoms with Crippen LogP contribution in [0.15, 0.2) is 23.2 Å². The van der Waals surface area contributed by atoms with Gasteiger partial charge in [0.1, 0.15) is 17.4 Å². The standard InChI is InChI=1S/C16H20F2N4OS.HI/c1-10-11(2)24-15(22-10)9-21-16(19-3)20-6-7-23-12-4-5-13(17)14(18)8-12;/h4-5,8H,6-7,9H2,1-3H3,(H2,19,20,21);1H. The number of hydrogen-bond acceptors (Lipinski definition) is 4. The number of aliphatic imine (C=N–C) groups is 1. The maximum absolute atomic E-state index is 13.1. The largest absolute Gasteiger partial charge is 0.492 e. The van der Waals surface area contributed by atoms with Crippen LogP contribution in [0.2, 0.25) is 0 Å². The zero-order chi connectivity index (χ0) is 17.5. The summed E-state index contributed by atoms with van der Waals surface area (Å²) in [6.07, 6.45) is 0. The second-order valence-electron chi connectivity index (χ2n) is 5.03. The molecule has 0 radical (unpaired) electrons. The van der Waals surface area contributed by atoms with Gasteiger partial charge in [0.2, 0.25) is 0 Å². The molecule has 0 bridgehead atoms. The second-order valence-corrected chi connectivity index (χ2v) is 6.31.